The molecule has 0 aromatic heterocycles. The minimum atomic E-state index is -0.550. The van der Waals surface area contributed by atoms with Crippen LogP contribution in [-0.2, 0) is 33.4 Å². The zero-order chi connectivity index (χ0) is 18.4. The highest BCUT2D eigenvalue weighted by molar-refractivity contribution is 6.14. The van der Waals surface area contributed by atoms with E-state index in [4.69, 9.17) is 0 Å². The van der Waals surface area contributed by atoms with Gasteiger partial charge >= 0.3 is 35.8 Å². The van der Waals surface area contributed by atoms with Gasteiger partial charge in [0.1, 0.15) is 0 Å². The number of esters is 6. The number of ether oxygens (including phenoxy) is 3. The molecule has 1 aromatic carbocycles. The zero-order valence-corrected chi connectivity index (χ0v) is 12.8. The minimum Gasteiger partial charge on any atom is -0.393 e. The molecular formula is C16H12O9. The molecule has 2 saturated heterocycles. The van der Waals surface area contributed by atoms with E-state index >= 15 is 0 Å². The molecule has 0 aliphatic carbocycles. The molecule has 0 amide bonds. The van der Waals surface area contributed by atoms with Crippen molar-refractivity contribution in [3.63, 3.8) is 0 Å². The summed E-state index contributed by atoms with van der Waals surface area (Å²) in [6, 6.07) is 6.53. The van der Waals surface area contributed by atoms with Crippen molar-refractivity contribution in [3.8, 4) is 0 Å². The quantitative estimate of drug-likeness (QED) is 0.377. The first kappa shape index (κ1) is 18.0. The molecule has 3 aliphatic rings. The smallest absolute Gasteiger partial charge is 0.346 e. The van der Waals surface area contributed by atoms with Gasteiger partial charge in [0, 0.05) is 0 Å². The van der Waals surface area contributed by atoms with Crippen molar-refractivity contribution in [2.45, 2.75) is 25.7 Å². The molecule has 0 atom stereocenters. The first-order valence-electron chi connectivity index (χ1n) is 7.19. The highest BCUT2D eigenvalue weighted by Gasteiger charge is 2.28. The number of cyclic esters (lactones) is 6. The molecule has 3 aliphatic heterocycles. The predicted molar refractivity (Wildman–Crippen MR) is 76.9 cm³/mol. The Balaban J connectivity index is 0.000000142. The lowest BCUT2D eigenvalue weighted by Gasteiger charge is -1.86. The maximum Gasteiger partial charge on any atom is 0.346 e. The molecule has 0 N–H and O–H groups in total. The third-order valence-electron chi connectivity index (χ3n) is 3.07. The van der Waals surface area contributed by atoms with Crippen LogP contribution in [0.3, 0.4) is 0 Å². The van der Waals surface area contributed by atoms with E-state index in [1.807, 2.05) is 0 Å². The number of benzene rings is 1. The summed E-state index contributed by atoms with van der Waals surface area (Å²) < 4.78 is 12.5. The monoisotopic (exact) mass is 348 g/mol. The summed E-state index contributed by atoms with van der Waals surface area (Å²) >= 11 is 0. The number of hydrogen-bond donors (Lipinski definition) is 0. The van der Waals surface area contributed by atoms with Gasteiger partial charge in [-0.2, -0.15) is 0 Å². The molecule has 9 heteroatoms. The van der Waals surface area contributed by atoms with Gasteiger partial charge in [0.2, 0.25) is 0 Å². The Hall–Kier alpha value is -3.36. The fourth-order valence-corrected chi connectivity index (χ4v) is 1.90. The third kappa shape index (κ3) is 5.06. The topological polar surface area (TPSA) is 130 Å². The summed E-state index contributed by atoms with van der Waals surface area (Å²) in [5, 5.41) is 0. The second-order valence-electron chi connectivity index (χ2n) is 4.91. The SMILES string of the molecule is O=C1CCC(=O)O1.O=C1CCC(=O)O1.O=C1OC(=O)c2ccccc21. The van der Waals surface area contributed by atoms with E-state index in [-0.39, 0.29) is 25.7 Å². The van der Waals surface area contributed by atoms with Gasteiger partial charge in [-0.25, -0.2) is 9.59 Å². The molecule has 25 heavy (non-hydrogen) atoms. The van der Waals surface area contributed by atoms with Gasteiger partial charge in [-0.1, -0.05) is 12.1 Å². The second kappa shape index (κ2) is 7.95. The number of carbonyl (C=O) groups excluding carboxylic acids is 6. The summed E-state index contributed by atoms with van der Waals surface area (Å²) in [4.78, 5) is 61.7. The Labute approximate surface area is 140 Å². The van der Waals surface area contributed by atoms with E-state index in [2.05, 4.69) is 14.2 Å². The van der Waals surface area contributed by atoms with Crippen LogP contribution >= 0.6 is 0 Å². The number of hydrogen-bond acceptors (Lipinski definition) is 9. The highest BCUT2D eigenvalue weighted by Crippen LogP contribution is 2.18. The van der Waals surface area contributed by atoms with E-state index in [1.165, 1.54) is 0 Å². The maximum absolute atomic E-state index is 10.8. The number of rotatable bonds is 0. The first-order valence-corrected chi connectivity index (χ1v) is 7.19. The van der Waals surface area contributed by atoms with Crippen LogP contribution in [-0.4, -0.2) is 35.8 Å². The average Bonchev–Trinajstić information content (AvgIpc) is 3.22. The van der Waals surface area contributed by atoms with E-state index in [0.717, 1.165) is 0 Å². The molecule has 9 nitrogen and oxygen atoms in total. The van der Waals surface area contributed by atoms with Gasteiger partial charge in [-0.3, -0.25) is 19.2 Å². The first-order chi connectivity index (χ1) is 11.9. The van der Waals surface area contributed by atoms with E-state index < -0.39 is 35.8 Å². The Morgan fingerprint density at radius 1 is 0.520 bits per heavy atom. The largest absolute Gasteiger partial charge is 0.393 e. The summed E-state index contributed by atoms with van der Waals surface area (Å²) in [6.45, 7) is 0. The van der Waals surface area contributed by atoms with Crippen molar-refractivity contribution in [2.75, 3.05) is 0 Å². The molecule has 2 fully saturated rings. The number of fused-ring (bicyclic) bond motifs is 1. The summed E-state index contributed by atoms with van der Waals surface area (Å²) in [5.41, 5.74) is 0.718. The summed E-state index contributed by atoms with van der Waals surface area (Å²) in [5.74, 6) is -2.69. The minimum absolute atomic E-state index is 0.263. The van der Waals surface area contributed by atoms with Crippen LogP contribution in [0, 0.1) is 0 Å². The van der Waals surface area contributed by atoms with Crippen molar-refractivity contribution in [1.82, 2.24) is 0 Å². The van der Waals surface area contributed by atoms with Crippen LogP contribution in [0.15, 0.2) is 24.3 Å². The van der Waals surface area contributed by atoms with E-state index in [1.54, 1.807) is 24.3 Å². The number of carbonyl (C=O) groups is 6. The molecule has 0 saturated carbocycles. The standard InChI is InChI=1S/C8H4O3.2C4H4O3/c9-7-5-3-1-2-4-6(5)8(10)11-7;2*5-3-1-2-4(6)7-3/h1-4H;2*1-2H2. The van der Waals surface area contributed by atoms with E-state index in [9.17, 15) is 28.8 Å². The van der Waals surface area contributed by atoms with Crippen LogP contribution in [0.4, 0.5) is 0 Å². The molecule has 4 rings (SSSR count). The van der Waals surface area contributed by atoms with Crippen molar-refractivity contribution < 1.29 is 43.0 Å². The maximum atomic E-state index is 10.8. The highest BCUT2D eigenvalue weighted by atomic mass is 16.6. The van der Waals surface area contributed by atoms with Gasteiger partial charge in [-0.15, -0.1) is 0 Å². The van der Waals surface area contributed by atoms with E-state index in [0.29, 0.717) is 11.1 Å². The normalized spacial score (nSPS) is 17.6. The molecule has 0 bridgehead atoms. The Bertz CT molecular complexity index is 672. The van der Waals surface area contributed by atoms with Gasteiger partial charge in [0.25, 0.3) is 0 Å². The molecule has 0 unspecified atom stereocenters. The van der Waals surface area contributed by atoms with Crippen molar-refractivity contribution in [1.29, 1.82) is 0 Å². The molecule has 130 valence electrons. The lowest BCUT2D eigenvalue weighted by Crippen LogP contribution is -1.96. The Kier molecular flexibility index (Phi) is 5.72. The molecule has 1 aromatic rings. The lowest BCUT2D eigenvalue weighted by molar-refractivity contribution is -0.153. The molecule has 0 spiro atoms. The van der Waals surface area contributed by atoms with Crippen LogP contribution in [0.25, 0.3) is 0 Å². The van der Waals surface area contributed by atoms with Crippen LogP contribution in [0.5, 0.6) is 0 Å². The van der Waals surface area contributed by atoms with Crippen molar-refractivity contribution in [2.24, 2.45) is 0 Å². The van der Waals surface area contributed by atoms with Gasteiger partial charge in [-0.05, 0) is 12.1 Å². The molecule has 3 heterocycles. The van der Waals surface area contributed by atoms with Crippen LogP contribution in [0.2, 0.25) is 0 Å². The van der Waals surface area contributed by atoms with Crippen LogP contribution in [0.1, 0.15) is 46.4 Å². The lowest BCUT2D eigenvalue weighted by atomic mass is 10.1. The Morgan fingerprint density at radius 3 is 1.08 bits per heavy atom. The summed E-state index contributed by atoms with van der Waals surface area (Å²) in [7, 11) is 0. The predicted octanol–water partition coefficient (Wildman–Crippen LogP) is 0.697. The van der Waals surface area contributed by atoms with Gasteiger partial charge in [0.15, 0.2) is 0 Å². The second-order valence-corrected chi connectivity index (χ2v) is 4.91. The van der Waals surface area contributed by atoms with Gasteiger partial charge in [0.05, 0.1) is 36.8 Å². The Morgan fingerprint density at radius 2 is 0.840 bits per heavy atom. The average molecular weight is 348 g/mol. The third-order valence-corrected chi connectivity index (χ3v) is 3.07. The van der Waals surface area contributed by atoms with Crippen molar-refractivity contribution >= 4 is 35.8 Å². The van der Waals surface area contributed by atoms with Crippen molar-refractivity contribution in [3.05, 3.63) is 35.4 Å². The van der Waals surface area contributed by atoms with Crippen LogP contribution < -0.4 is 0 Å². The zero-order valence-electron chi connectivity index (χ0n) is 12.8. The summed E-state index contributed by atoms with van der Waals surface area (Å²) in [6.07, 6.45) is 1.05. The fraction of sp³-hybridized carbons (Fsp3) is 0.250. The molecular weight excluding hydrogens is 336 g/mol. The van der Waals surface area contributed by atoms with Gasteiger partial charge < -0.3 is 14.2 Å². The molecule has 0 radical (unpaired) electrons. The fourth-order valence-electron chi connectivity index (χ4n) is 1.90.